The van der Waals surface area contributed by atoms with Gasteiger partial charge in [0.05, 0.1) is 16.1 Å². The molecule has 6 aromatic rings. The van der Waals surface area contributed by atoms with Gasteiger partial charge >= 0.3 is 0 Å². The van der Waals surface area contributed by atoms with E-state index in [0.717, 1.165) is 14.6 Å². The molecule has 0 aromatic heterocycles. The van der Waals surface area contributed by atoms with Crippen molar-refractivity contribution in [3.8, 4) is 0 Å². The highest BCUT2D eigenvalue weighted by atomic mass is 79.9. The van der Waals surface area contributed by atoms with Crippen LogP contribution in [0.25, 0.3) is 43.1 Å². The predicted octanol–water partition coefficient (Wildman–Crippen LogP) is 10.8. The lowest BCUT2D eigenvalue weighted by Crippen LogP contribution is -2.16. The summed E-state index contributed by atoms with van der Waals surface area (Å²) in [6.45, 7) is 4.28. The number of aryl methyl sites for hydroxylation is 2. The quantitative estimate of drug-likeness (QED) is 0.0765. The van der Waals surface area contributed by atoms with Crippen molar-refractivity contribution in [3.63, 3.8) is 0 Å². The average Bonchev–Trinajstić information content (AvgIpc) is 3.29. The SMILES string of the molecule is BrCc1ccc2cc3cc(CBr)ccc3cc2c1.Cc1ccc2cc3cc(C)ccc3cc2c1.O=C1CCC(=O)N1Br. The monoisotopic (exact) mass is 745 g/mol. The largest absolute Gasteiger partial charge is 0.274 e. The van der Waals surface area contributed by atoms with Gasteiger partial charge in [-0.05, 0) is 92.3 Å². The molecule has 1 heterocycles. The van der Waals surface area contributed by atoms with Crippen LogP contribution in [-0.2, 0) is 20.2 Å². The average molecular weight is 748 g/mol. The van der Waals surface area contributed by atoms with Gasteiger partial charge < -0.3 is 0 Å². The first-order valence-electron chi connectivity index (χ1n) is 13.7. The Kier molecular flexibility index (Phi) is 9.77. The summed E-state index contributed by atoms with van der Waals surface area (Å²) in [6.07, 6.45) is 0.703. The van der Waals surface area contributed by atoms with E-state index in [1.807, 2.05) is 0 Å². The number of rotatable bonds is 2. The molecule has 1 fully saturated rings. The van der Waals surface area contributed by atoms with E-state index in [2.05, 4.69) is 159 Å². The number of hydrogen-bond acceptors (Lipinski definition) is 2. The number of imide groups is 1. The van der Waals surface area contributed by atoms with Gasteiger partial charge in [0.2, 0.25) is 11.8 Å². The molecule has 1 saturated heterocycles. The van der Waals surface area contributed by atoms with E-state index < -0.39 is 0 Å². The van der Waals surface area contributed by atoms with E-state index in [9.17, 15) is 9.59 Å². The number of carbonyl (C=O) groups is 2. The number of carbonyl (C=O) groups excluding carboxylic acids is 2. The van der Waals surface area contributed by atoms with E-state index in [0.29, 0.717) is 12.8 Å². The Hall–Kier alpha value is -3.06. The number of alkyl halides is 2. The van der Waals surface area contributed by atoms with Crippen LogP contribution in [0.3, 0.4) is 0 Å². The van der Waals surface area contributed by atoms with Crippen LogP contribution in [0.2, 0.25) is 0 Å². The first kappa shape index (κ1) is 30.4. The molecule has 6 aromatic carbocycles. The maximum Gasteiger partial charge on any atom is 0.239 e. The zero-order valence-electron chi connectivity index (χ0n) is 23.5. The molecule has 0 spiro atoms. The Labute approximate surface area is 271 Å². The lowest BCUT2D eigenvalue weighted by atomic mass is 10.0. The van der Waals surface area contributed by atoms with Crippen LogP contribution in [-0.4, -0.2) is 15.7 Å². The van der Waals surface area contributed by atoms with Gasteiger partial charge in [0.1, 0.15) is 0 Å². The van der Waals surface area contributed by atoms with Gasteiger partial charge in [0.25, 0.3) is 0 Å². The second-order valence-electron chi connectivity index (χ2n) is 10.6. The summed E-state index contributed by atoms with van der Waals surface area (Å²) in [7, 11) is 0. The van der Waals surface area contributed by atoms with E-state index in [1.54, 1.807) is 0 Å². The number of nitrogens with zero attached hydrogens (tertiary/aromatic N) is 1. The highest BCUT2D eigenvalue weighted by Crippen LogP contribution is 2.27. The number of halogens is 3. The molecule has 0 radical (unpaired) electrons. The van der Waals surface area contributed by atoms with Crippen LogP contribution in [0.4, 0.5) is 0 Å². The Bertz CT molecular complexity index is 1810. The van der Waals surface area contributed by atoms with Crippen molar-refractivity contribution in [1.29, 1.82) is 0 Å². The van der Waals surface area contributed by atoms with Gasteiger partial charge in [-0.15, -0.1) is 0 Å². The third kappa shape index (κ3) is 7.11. The highest BCUT2D eigenvalue weighted by Gasteiger charge is 2.26. The molecule has 0 N–H and O–H groups in total. The fourth-order valence-electron chi connectivity index (χ4n) is 5.05. The fourth-order valence-corrected chi connectivity index (χ4v) is 6.10. The molecule has 0 atom stereocenters. The van der Waals surface area contributed by atoms with Gasteiger partial charge in [-0.25, -0.2) is 3.93 Å². The zero-order chi connectivity index (χ0) is 29.8. The second kappa shape index (κ2) is 13.5. The van der Waals surface area contributed by atoms with Crippen molar-refractivity contribution < 1.29 is 9.59 Å². The van der Waals surface area contributed by atoms with Crippen molar-refractivity contribution in [3.05, 3.63) is 119 Å². The molecular formula is C36H30Br3NO2. The number of fused-ring (bicyclic) bond motifs is 4. The summed E-state index contributed by atoms with van der Waals surface area (Å²) >= 11 is 9.82. The summed E-state index contributed by atoms with van der Waals surface area (Å²) in [5.41, 5.74) is 5.27. The van der Waals surface area contributed by atoms with Crippen LogP contribution in [0.1, 0.15) is 35.1 Å². The standard InChI is InChI=1S/C16H12Br2.C16H14.C4H4BrNO2/c17-9-11-1-3-13-7-16-6-12(10-18)2-4-14(16)8-15(13)5-11;1-11-3-5-13-10-16-8-12(2)4-6-14(16)9-15(13)7-11;5-6-3(7)1-2-4(6)8/h1-8H,9-10H2;3-10H,1-2H3;1-2H2. The molecule has 0 unspecified atom stereocenters. The summed E-state index contributed by atoms with van der Waals surface area (Å²) in [5, 5.41) is 12.3. The molecule has 7 rings (SSSR count). The van der Waals surface area contributed by atoms with Crippen molar-refractivity contribution in [2.75, 3.05) is 0 Å². The number of benzene rings is 6. The Morgan fingerprint density at radius 1 is 0.500 bits per heavy atom. The minimum Gasteiger partial charge on any atom is -0.274 e. The molecule has 212 valence electrons. The first-order valence-corrected chi connectivity index (χ1v) is 16.7. The van der Waals surface area contributed by atoms with Gasteiger partial charge in [0.15, 0.2) is 0 Å². The second-order valence-corrected chi connectivity index (χ2v) is 12.4. The van der Waals surface area contributed by atoms with Crippen LogP contribution in [0.5, 0.6) is 0 Å². The Morgan fingerprint density at radius 2 is 0.833 bits per heavy atom. The summed E-state index contributed by atoms with van der Waals surface area (Å²) in [6, 6.07) is 35.6. The normalized spacial score (nSPS) is 12.9. The minimum atomic E-state index is -0.144. The van der Waals surface area contributed by atoms with E-state index >= 15 is 0 Å². The third-order valence-corrected chi connectivity index (χ3v) is 9.42. The van der Waals surface area contributed by atoms with Gasteiger partial charge in [-0.3, -0.25) is 9.59 Å². The van der Waals surface area contributed by atoms with Gasteiger partial charge in [-0.1, -0.05) is 116 Å². The predicted molar refractivity (Wildman–Crippen MR) is 188 cm³/mol. The molecule has 0 saturated carbocycles. The van der Waals surface area contributed by atoms with E-state index in [1.165, 1.54) is 65.3 Å². The van der Waals surface area contributed by atoms with Crippen molar-refractivity contribution in [2.45, 2.75) is 37.3 Å². The van der Waals surface area contributed by atoms with Gasteiger partial charge in [-0.2, -0.15) is 0 Å². The molecule has 6 heteroatoms. The van der Waals surface area contributed by atoms with Crippen molar-refractivity contribution in [2.24, 2.45) is 0 Å². The zero-order valence-corrected chi connectivity index (χ0v) is 28.2. The van der Waals surface area contributed by atoms with Gasteiger partial charge in [0, 0.05) is 23.5 Å². The molecular weight excluding hydrogens is 718 g/mol. The Balaban J connectivity index is 0.000000135. The maximum atomic E-state index is 10.4. The topological polar surface area (TPSA) is 37.4 Å². The summed E-state index contributed by atoms with van der Waals surface area (Å²) < 4.78 is 0.979. The number of hydrogen-bond donors (Lipinski definition) is 0. The molecule has 0 aliphatic carbocycles. The molecule has 2 amide bonds. The minimum absolute atomic E-state index is 0.144. The smallest absolute Gasteiger partial charge is 0.239 e. The van der Waals surface area contributed by atoms with E-state index in [-0.39, 0.29) is 11.8 Å². The molecule has 1 aliphatic heterocycles. The lowest BCUT2D eigenvalue weighted by Gasteiger charge is -2.05. The van der Waals surface area contributed by atoms with Crippen LogP contribution in [0.15, 0.2) is 97.1 Å². The van der Waals surface area contributed by atoms with Crippen LogP contribution in [0, 0.1) is 13.8 Å². The van der Waals surface area contributed by atoms with Crippen molar-refractivity contribution >= 4 is 103 Å². The summed E-state index contributed by atoms with van der Waals surface area (Å²) in [5.74, 6) is -0.287. The Morgan fingerprint density at radius 3 is 1.14 bits per heavy atom. The molecule has 3 nitrogen and oxygen atoms in total. The number of amides is 2. The van der Waals surface area contributed by atoms with Crippen LogP contribution < -0.4 is 0 Å². The molecule has 0 bridgehead atoms. The van der Waals surface area contributed by atoms with E-state index in [4.69, 9.17) is 0 Å². The first-order chi connectivity index (χ1) is 20.2. The highest BCUT2D eigenvalue weighted by molar-refractivity contribution is 9.09. The fraction of sp³-hybridized carbons (Fsp3) is 0.167. The van der Waals surface area contributed by atoms with Crippen LogP contribution >= 0.6 is 48.0 Å². The molecule has 42 heavy (non-hydrogen) atoms. The molecule has 1 aliphatic rings. The summed E-state index contributed by atoms with van der Waals surface area (Å²) in [4.78, 5) is 20.9. The maximum absolute atomic E-state index is 10.4. The third-order valence-electron chi connectivity index (χ3n) is 7.33. The lowest BCUT2D eigenvalue weighted by molar-refractivity contribution is -0.131. The van der Waals surface area contributed by atoms with Crippen molar-refractivity contribution in [1.82, 2.24) is 3.93 Å².